The Balaban J connectivity index is 2.35. The lowest BCUT2D eigenvalue weighted by Gasteiger charge is -2.13. The van der Waals surface area contributed by atoms with E-state index < -0.39 is 36.1 Å². The van der Waals surface area contributed by atoms with Gasteiger partial charge in [-0.1, -0.05) is 0 Å². The summed E-state index contributed by atoms with van der Waals surface area (Å²) in [6.07, 6.45) is -5.28. The molecular weight excluding hydrogens is 323 g/mol. The Bertz CT molecular complexity index is 595. The molecular formula is C14H17F5N2O2. The lowest BCUT2D eigenvalue weighted by Crippen LogP contribution is -2.19. The summed E-state index contributed by atoms with van der Waals surface area (Å²) in [4.78, 5) is 11.9. The molecule has 1 atom stereocenters. The Kier molecular flexibility index (Phi) is 4.68. The Morgan fingerprint density at radius 2 is 2.09 bits per heavy atom. The average Bonchev–Trinajstić information content (AvgIpc) is 2.90. The first-order chi connectivity index (χ1) is 10.5. The summed E-state index contributed by atoms with van der Waals surface area (Å²) < 4.78 is 71.1. The van der Waals surface area contributed by atoms with E-state index in [0.717, 1.165) is 11.6 Å². The molecule has 0 saturated heterocycles. The molecule has 23 heavy (non-hydrogen) atoms. The molecule has 1 heterocycles. The quantitative estimate of drug-likeness (QED) is 0.618. The lowest BCUT2D eigenvalue weighted by atomic mass is 10.1. The number of hydrogen-bond donors (Lipinski definition) is 0. The van der Waals surface area contributed by atoms with Gasteiger partial charge in [0.25, 0.3) is 0 Å². The van der Waals surface area contributed by atoms with E-state index in [1.165, 1.54) is 6.92 Å². The van der Waals surface area contributed by atoms with Gasteiger partial charge in [0, 0.05) is 24.9 Å². The van der Waals surface area contributed by atoms with Crippen molar-refractivity contribution >= 4 is 5.97 Å². The summed E-state index contributed by atoms with van der Waals surface area (Å²) in [6.45, 7) is 2.48. The number of alkyl halides is 5. The van der Waals surface area contributed by atoms with Crippen LogP contribution in [0, 0.1) is 12.8 Å². The van der Waals surface area contributed by atoms with Crippen molar-refractivity contribution in [1.82, 2.24) is 9.78 Å². The highest BCUT2D eigenvalue weighted by Gasteiger charge is 2.42. The number of halogens is 5. The molecule has 1 aliphatic carbocycles. The van der Waals surface area contributed by atoms with Crippen LogP contribution in [-0.4, -0.2) is 28.3 Å². The van der Waals surface area contributed by atoms with Crippen molar-refractivity contribution in [2.75, 3.05) is 6.61 Å². The van der Waals surface area contributed by atoms with Gasteiger partial charge in [0.05, 0.1) is 6.61 Å². The number of esters is 1. The van der Waals surface area contributed by atoms with Gasteiger partial charge in [0.2, 0.25) is 5.92 Å². The van der Waals surface area contributed by atoms with Crippen molar-refractivity contribution in [3.63, 3.8) is 0 Å². The summed E-state index contributed by atoms with van der Waals surface area (Å²) in [5.74, 6) is -4.28. The fourth-order valence-electron chi connectivity index (χ4n) is 2.85. The first-order valence-corrected chi connectivity index (χ1v) is 7.24. The number of hydrogen-bond acceptors (Lipinski definition) is 3. The fourth-order valence-corrected chi connectivity index (χ4v) is 2.85. The zero-order valence-electron chi connectivity index (χ0n) is 12.7. The van der Waals surface area contributed by atoms with Gasteiger partial charge in [0.1, 0.15) is 5.69 Å². The zero-order chi connectivity index (χ0) is 17.4. The summed E-state index contributed by atoms with van der Waals surface area (Å²) in [6, 6.07) is 0. The molecule has 0 spiro atoms. The fraction of sp³-hybridized carbons (Fsp3) is 0.714. The second-order valence-corrected chi connectivity index (χ2v) is 5.69. The third-order valence-electron chi connectivity index (χ3n) is 3.86. The molecule has 1 fully saturated rings. The summed E-state index contributed by atoms with van der Waals surface area (Å²) in [5.41, 5.74) is -1.86. The molecule has 4 nitrogen and oxygen atoms in total. The number of rotatable bonds is 4. The Morgan fingerprint density at radius 3 is 2.57 bits per heavy atom. The maximum absolute atomic E-state index is 13.2. The topological polar surface area (TPSA) is 44.1 Å². The zero-order valence-corrected chi connectivity index (χ0v) is 12.7. The third kappa shape index (κ3) is 3.81. The van der Waals surface area contributed by atoms with Crippen molar-refractivity contribution in [1.29, 1.82) is 0 Å². The van der Waals surface area contributed by atoms with Gasteiger partial charge >= 0.3 is 12.1 Å². The van der Waals surface area contributed by atoms with Crippen LogP contribution in [0.1, 0.15) is 47.9 Å². The van der Waals surface area contributed by atoms with Crippen molar-refractivity contribution in [2.45, 2.75) is 51.8 Å². The molecule has 0 amide bonds. The largest absolute Gasteiger partial charge is 0.461 e. The second-order valence-electron chi connectivity index (χ2n) is 5.69. The Labute approximate surface area is 129 Å². The predicted octanol–water partition coefficient (Wildman–Crippen LogP) is 3.82. The Hall–Kier alpha value is -1.67. The Morgan fingerprint density at radius 1 is 1.43 bits per heavy atom. The highest BCUT2D eigenvalue weighted by atomic mass is 19.4. The maximum Gasteiger partial charge on any atom is 0.435 e. The van der Waals surface area contributed by atoms with Crippen LogP contribution in [-0.2, 0) is 17.5 Å². The van der Waals surface area contributed by atoms with E-state index >= 15 is 0 Å². The van der Waals surface area contributed by atoms with Crippen LogP contribution in [0.15, 0.2) is 0 Å². The smallest absolute Gasteiger partial charge is 0.435 e. The minimum absolute atomic E-state index is 0.00763. The predicted molar refractivity (Wildman–Crippen MR) is 70.2 cm³/mol. The van der Waals surface area contributed by atoms with Crippen LogP contribution in [0.25, 0.3) is 0 Å². The van der Waals surface area contributed by atoms with E-state index in [-0.39, 0.29) is 37.3 Å². The molecule has 1 unspecified atom stereocenters. The molecule has 1 aliphatic rings. The molecule has 1 saturated carbocycles. The van der Waals surface area contributed by atoms with Crippen LogP contribution >= 0.6 is 0 Å². The second kappa shape index (κ2) is 6.09. The monoisotopic (exact) mass is 340 g/mol. The summed E-state index contributed by atoms with van der Waals surface area (Å²) >= 11 is 0. The standard InChI is InChI=1S/C14H17F5N2O2/c1-3-23-12(22)10-8(2)11(14(17,18)19)20-21(10)7-9-4-5-13(15,16)6-9/h9H,3-7H2,1-2H3. The SMILES string of the molecule is CCOC(=O)c1c(C)c(C(F)(F)F)nn1CC1CCC(F)(F)C1. The molecule has 2 rings (SSSR count). The summed E-state index contributed by atoms with van der Waals surface area (Å²) in [5, 5.41) is 3.44. The van der Waals surface area contributed by atoms with Gasteiger partial charge in [-0.15, -0.1) is 0 Å². The molecule has 9 heteroatoms. The van der Waals surface area contributed by atoms with Gasteiger partial charge in [-0.25, -0.2) is 13.6 Å². The average molecular weight is 340 g/mol. The van der Waals surface area contributed by atoms with E-state index in [1.54, 1.807) is 0 Å². The number of carbonyl (C=O) groups excluding carboxylic acids is 1. The number of aromatic nitrogens is 2. The molecule has 1 aromatic rings. The lowest BCUT2D eigenvalue weighted by molar-refractivity contribution is -0.142. The molecule has 0 bridgehead atoms. The molecule has 0 aliphatic heterocycles. The van der Waals surface area contributed by atoms with E-state index in [1.807, 2.05) is 0 Å². The molecule has 130 valence electrons. The minimum Gasteiger partial charge on any atom is -0.461 e. The van der Waals surface area contributed by atoms with E-state index in [0.29, 0.717) is 0 Å². The molecule has 0 radical (unpaired) electrons. The van der Waals surface area contributed by atoms with Crippen LogP contribution in [0.5, 0.6) is 0 Å². The summed E-state index contributed by atoms with van der Waals surface area (Å²) in [7, 11) is 0. The van der Waals surface area contributed by atoms with Gasteiger partial charge in [-0.2, -0.15) is 18.3 Å². The van der Waals surface area contributed by atoms with Crippen LogP contribution in [0.2, 0.25) is 0 Å². The first kappa shape index (κ1) is 17.7. The highest BCUT2D eigenvalue weighted by Crippen LogP contribution is 2.40. The minimum atomic E-state index is -4.73. The third-order valence-corrected chi connectivity index (χ3v) is 3.86. The van der Waals surface area contributed by atoms with Crippen molar-refractivity contribution in [3.8, 4) is 0 Å². The number of ether oxygens (including phenoxy) is 1. The van der Waals surface area contributed by atoms with Gasteiger partial charge in [-0.3, -0.25) is 4.68 Å². The first-order valence-electron chi connectivity index (χ1n) is 7.24. The van der Waals surface area contributed by atoms with Crippen molar-refractivity contribution in [3.05, 3.63) is 17.0 Å². The van der Waals surface area contributed by atoms with Crippen LogP contribution in [0.3, 0.4) is 0 Å². The number of carbonyl (C=O) groups is 1. The van der Waals surface area contributed by atoms with Gasteiger partial charge < -0.3 is 4.74 Å². The van der Waals surface area contributed by atoms with Gasteiger partial charge in [-0.05, 0) is 26.2 Å². The molecule has 0 N–H and O–H groups in total. The number of nitrogens with zero attached hydrogens (tertiary/aromatic N) is 2. The van der Waals surface area contributed by atoms with Crippen LogP contribution < -0.4 is 0 Å². The van der Waals surface area contributed by atoms with E-state index in [2.05, 4.69) is 5.10 Å². The van der Waals surface area contributed by atoms with Crippen LogP contribution in [0.4, 0.5) is 22.0 Å². The van der Waals surface area contributed by atoms with Crippen molar-refractivity contribution in [2.24, 2.45) is 5.92 Å². The molecule has 0 aromatic carbocycles. The van der Waals surface area contributed by atoms with Gasteiger partial charge in [0.15, 0.2) is 5.69 Å². The van der Waals surface area contributed by atoms with Crippen molar-refractivity contribution < 1.29 is 31.5 Å². The van der Waals surface area contributed by atoms with E-state index in [4.69, 9.17) is 4.74 Å². The maximum atomic E-state index is 13.2. The van der Waals surface area contributed by atoms with E-state index in [9.17, 15) is 26.7 Å². The molecule has 1 aromatic heterocycles. The normalized spacial score (nSPS) is 20.7. The highest BCUT2D eigenvalue weighted by molar-refractivity contribution is 5.89.